The van der Waals surface area contributed by atoms with Gasteiger partial charge in [0.2, 0.25) is 0 Å². The highest BCUT2D eigenvalue weighted by atomic mass is 127. The number of hydrogen-bond donors (Lipinski definition) is 0. The summed E-state index contributed by atoms with van der Waals surface area (Å²) in [4.78, 5) is 1.33. The topological polar surface area (TPSA) is 0 Å². The van der Waals surface area contributed by atoms with Gasteiger partial charge in [-0.15, -0.1) is 11.8 Å². The predicted molar refractivity (Wildman–Crippen MR) is 181 cm³/mol. The van der Waals surface area contributed by atoms with Crippen molar-refractivity contribution in [3.63, 3.8) is 0 Å². The maximum absolute atomic E-state index is 2.51. The van der Waals surface area contributed by atoms with Crippen molar-refractivity contribution in [2.24, 2.45) is 0 Å². The van der Waals surface area contributed by atoms with Gasteiger partial charge in [-0.25, -0.2) is 0 Å². The quantitative estimate of drug-likeness (QED) is 0.0796. The highest BCUT2D eigenvalue weighted by molar-refractivity contribution is 14.1. The first-order chi connectivity index (χ1) is 19.2. The molecule has 39 heavy (non-hydrogen) atoms. The molecule has 0 heterocycles. The van der Waals surface area contributed by atoms with Gasteiger partial charge >= 0.3 is 0 Å². The van der Waals surface area contributed by atoms with Crippen molar-refractivity contribution in [3.05, 3.63) is 125 Å². The van der Waals surface area contributed by atoms with E-state index in [9.17, 15) is 0 Å². The molecule has 0 radical (unpaired) electrons. The van der Waals surface area contributed by atoms with Gasteiger partial charge in [0.25, 0.3) is 0 Å². The summed E-state index contributed by atoms with van der Waals surface area (Å²) < 4.78 is 1.29. The van der Waals surface area contributed by atoms with E-state index in [1.165, 1.54) is 84.2 Å². The molecule has 0 bridgehead atoms. The van der Waals surface area contributed by atoms with Crippen LogP contribution in [0.3, 0.4) is 0 Å². The lowest BCUT2D eigenvalue weighted by Gasteiger charge is -2.14. The van der Waals surface area contributed by atoms with Gasteiger partial charge in [-0.05, 0) is 147 Å². The smallest absolute Gasteiger partial charge is 0.0215 e. The van der Waals surface area contributed by atoms with E-state index in [-0.39, 0.29) is 0 Å². The largest absolute Gasteiger partial charge is 0.129 e. The summed E-state index contributed by atoms with van der Waals surface area (Å²) in [6, 6.07) is 45.3. The third-order valence-corrected chi connectivity index (χ3v) is 9.79. The minimum Gasteiger partial charge on any atom is -0.129 e. The second kappa shape index (κ2) is 8.97. The molecule has 2 heteroatoms. The van der Waals surface area contributed by atoms with Crippen LogP contribution < -0.4 is 0 Å². The number of halogens is 1. The molecule has 0 aromatic heterocycles. The van der Waals surface area contributed by atoms with E-state index in [1.807, 2.05) is 11.8 Å². The molecule has 0 aliphatic rings. The molecule has 0 aliphatic carbocycles. The molecular formula is C37H23IS. The Bertz CT molecular complexity index is 2280. The lowest BCUT2D eigenvalue weighted by molar-refractivity contribution is 1.59. The van der Waals surface area contributed by atoms with Gasteiger partial charge < -0.3 is 0 Å². The van der Waals surface area contributed by atoms with Crippen molar-refractivity contribution in [2.45, 2.75) is 4.90 Å². The van der Waals surface area contributed by atoms with E-state index in [0.717, 1.165) is 0 Å². The summed E-state index contributed by atoms with van der Waals surface area (Å²) in [7, 11) is 0. The Labute approximate surface area is 244 Å². The fraction of sp³-hybridized carbons (Fsp3) is 0.0270. The minimum absolute atomic E-state index is 1.26. The predicted octanol–water partition coefficient (Wildman–Crippen LogP) is 11.6. The molecule has 0 saturated heterocycles. The molecule has 0 unspecified atom stereocenters. The maximum atomic E-state index is 2.51. The zero-order chi connectivity index (χ0) is 26.1. The van der Waals surface area contributed by atoms with Gasteiger partial charge in [0.1, 0.15) is 0 Å². The first kappa shape index (κ1) is 23.3. The SMILES string of the molecule is CSc1cc2cc3ccc(-c4cccc5c4cc(I)c4cc6ccccc6cc45)cc3cc2c2ccccc12. The second-order valence-corrected chi connectivity index (χ2v) is 12.3. The fourth-order valence-corrected chi connectivity index (χ4v) is 7.63. The standard InChI is InChI=1S/C37H23IS/c1-39-37-20-27-15-24-13-14-25(16-26(24)19-32(27)29-9-4-5-10-31(29)37)28-11-6-12-30-33-17-22-7-2-3-8-23(22)18-35(33)36(38)21-34(28)30/h2-21H,1H3. The van der Waals surface area contributed by atoms with Crippen molar-refractivity contribution in [2.75, 3.05) is 6.26 Å². The molecule has 8 aromatic rings. The van der Waals surface area contributed by atoms with Crippen LogP contribution in [-0.2, 0) is 0 Å². The van der Waals surface area contributed by atoms with Gasteiger partial charge in [0.05, 0.1) is 0 Å². The summed E-state index contributed by atoms with van der Waals surface area (Å²) in [5.41, 5.74) is 2.54. The first-order valence-electron chi connectivity index (χ1n) is 13.2. The van der Waals surface area contributed by atoms with Crippen molar-refractivity contribution in [1.82, 2.24) is 0 Å². The normalized spacial score (nSPS) is 11.9. The third kappa shape index (κ3) is 3.65. The van der Waals surface area contributed by atoms with E-state index in [0.29, 0.717) is 0 Å². The Morgan fingerprint density at radius 2 is 1.10 bits per heavy atom. The molecule has 0 saturated carbocycles. The van der Waals surface area contributed by atoms with Crippen LogP contribution in [0.1, 0.15) is 0 Å². The van der Waals surface area contributed by atoms with Gasteiger partial charge in [-0.1, -0.05) is 78.9 Å². The Morgan fingerprint density at radius 1 is 0.436 bits per heavy atom. The number of hydrogen-bond acceptors (Lipinski definition) is 1. The lowest BCUT2D eigenvalue weighted by atomic mass is 9.92. The highest BCUT2D eigenvalue weighted by Gasteiger charge is 2.13. The van der Waals surface area contributed by atoms with Crippen molar-refractivity contribution >= 4 is 99.0 Å². The summed E-state index contributed by atoms with van der Waals surface area (Å²) in [5, 5.41) is 15.7. The fourth-order valence-electron chi connectivity index (χ4n) is 6.23. The van der Waals surface area contributed by atoms with E-state index >= 15 is 0 Å². The number of benzene rings is 8. The lowest BCUT2D eigenvalue weighted by Crippen LogP contribution is -1.88. The van der Waals surface area contributed by atoms with E-state index in [1.54, 1.807) is 0 Å². The molecule has 0 amide bonds. The molecule has 0 N–H and O–H groups in total. The summed E-state index contributed by atoms with van der Waals surface area (Å²) >= 11 is 4.33. The average Bonchev–Trinajstić information content (AvgIpc) is 2.98. The first-order valence-corrected chi connectivity index (χ1v) is 15.5. The third-order valence-electron chi connectivity index (χ3n) is 8.12. The number of thioether (sulfide) groups is 1. The van der Waals surface area contributed by atoms with E-state index in [2.05, 4.69) is 150 Å². The summed E-state index contributed by atoms with van der Waals surface area (Å²) in [6.45, 7) is 0. The number of fused-ring (bicyclic) bond motifs is 8. The van der Waals surface area contributed by atoms with Crippen LogP contribution in [0.4, 0.5) is 0 Å². The monoisotopic (exact) mass is 626 g/mol. The van der Waals surface area contributed by atoms with Crippen LogP contribution in [0.25, 0.3) is 75.8 Å². The summed E-state index contributed by atoms with van der Waals surface area (Å²) in [5.74, 6) is 0. The second-order valence-electron chi connectivity index (χ2n) is 10.3. The molecule has 0 spiro atoms. The van der Waals surface area contributed by atoms with Gasteiger partial charge in [0.15, 0.2) is 0 Å². The summed E-state index contributed by atoms with van der Waals surface area (Å²) in [6.07, 6.45) is 2.16. The van der Waals surface area contributed by atoms with E-state index < -0.39 is 0 Å². The molecule has 0 aliphatic heterocycles. The van der Waals surface area contributed by atoms with Crippen LogP contribution in [0, 0.1) is 3.57 Å². The van der Waals surface area contributed by atoms with Crippen molar-refractivity contribution in [1.29, 1.82) is 0 Å². The number of rotatable bonds is 2. The molecule has 8 aromatic carbocycles. The van der Waals surface area contributed by atoms with Crippen LogP contribution in [0.2, 0.25) is 0 Å². The molecular weight excluding hydrogens is 603 g/mol. The van der Waals surface area contributed by atoms with Crippen molar-refractivity contribution < 1.29 is 0 Å². The molecule has 0 fully saturated rings. The average molecular weight is 627 g/mol. The highest BCUT2D eigenvalue weighted by Crippen LogP contribution is 2.40. The molecule has 0 nitrogen and oxygen atoms in total. The van der Waals surface area contributed by atoms with E-state index in [4.69, 9.17) is 0 Å². The van der Waals surface area contributed by atoms with Crippen LogP contribution >= 0.6 is 34.4 Å². The van der Waals surface area contributed by atoms with Crippen LogP contribution in [0.15, 0.2) is 126 Å². The Kier molecular flexibility index (Phi) is 5.36. The van der Waals surface area contributed by atoms with Crippen molar-refractivity contribution in [3.8, 4) is 11.1 Å². The minimum atomic E-state index is 1.26. The zero-order valence-electron chi connectivity index (χ0n) is 21.3. The Morgan fingerprint density at radius 3 is 1.92 bits per heavy atom. The van der Waals surface area contributed by atoms with Gasteiger partial charge in [-0.3, -0.25) is 0 Å². The van der Waals surface area contributed by atoms with Gasteiger partial charge in [0, 0.05) is 8.47 Å². The zero-order valence-corrected chi connectivity index (χ0v) is 24.3. The van der Waals surface area contributed by atoms with Crippen LogP contribution in [0.5, 0.6) is 0 Å². The molecule has 8 rings (SSSR count). The van der Waals surface area contributed by atoms with Gasteiger partial charge in [-0.2, -0.15) is 0 Å². The molecule has 0 atom stereocenters. The maximum Gasteiger partial charge on any atom is 0.0215 e. The Balaban J connectivity index is 1.38. The Hall–Kier alpha value is -3.60. The van der Waals surface area contributed by atoms with Crippen LogP contribution in [-0.4, -0.2) is 6.26 Å². The molecule has 184 valence electrons.